The molecule has 0 aromatic heterocycles. The Morgan fingerprint density at radius 3 is 2.74 bits per heavy atom. The van der Waals surface area contributed by atoms with Gasteiger partial charge >= 0.3 is 0 Å². The van der Waals surface area contributed by atoms with Gasteiger partial charge in [-0.3, -0.25) is 4.79 Å². The van der Waals surface area contributed by atoms with E-state index in [0.29, 0.717) is 5.92 Å². The maximum absolute atomic E-state index is 12.1. The van der Waals surface area contributed by atoms with Crippen LogP contribution in [0.15, 0.2) is 24.3 Å². The lowest BCUT2D eigenvalue weighted by Crippen LogP contribution is -2.43. The first-order chi connectivity index (χ1) is 9.13. The summed E-state index contributed by atoms with van der Waals surface area (Å²) in [5.74, 6) is 0.560. The Hall–Kier alpha value is -1.35. The number of hydrogen-bond donors (Lipinski definition) is 2. The van der Waals surface area contributed by atoms with E-state index in [9.17, 15) is 4.79 Å². The van der Waals surface area contributed by atoms with Crippen LogP contribution < -0.4 is 11.1 Å². The topological polar surface area (TPSA) is 55.1 Å². The van der Waals surface area contributed by atoms with Crippen molar-refractivity contribution in [2.45, 2.75) is 57.5 Å². The number of nitrogens with one attached hydrogen (secondary N) is 1. The fraction of sp³-hybridized carbons (Fsp3) is 0.562. The van der Waals surface area contributed by atoms with Gasteiger partial charge in [0, 0.05) is 0 Å². The first-order valence-corrected chi connectivity index (χ1v) is 7.28. The Kier molecular flexibility index (Phi) is 4.59. The molecule has 1 amide bonds. The quantitative estimate of drug-likeness (QED) is 0.874. The molecule has 104 valence electrons. The van der Waals surface area contributed by atoms with E-state index in [0.717, 1.165) is 25.7 Å². The third-order valence-corrected chi connectivity index (χ3v) is 4.04. The molecule has 19 heavy (non-hydrogen) atoms. The molecule has 1 aliphatic carbocycles. The maximum Gasteiger partial charge on any atom is 0.237 e. The zero-order chi connectivity index (χ0) is 13.8. The van der Waals surface area contributed by atoms with Crippen LogP contribution in [0, 0.1) is 0 Å². The molecule has 2 rings (SSSR count). The number of rotatable bonds is 4. The van der Waals surface area contributed by atoms with Crippen LogP contribution in [0.3, 0.4) is 0 Å². The summed E-state index contributed by atoms with van der Waals surface area (Å²) in [5, 5.41) is 3.12. The van der Waals surface area contributed by atoms with Crippen molar-refractivity contribution >= 4 is 5.91 Å². The minimum Gasteiger partial charge on any atom is -0.348 e. The molecule has 3 N–H and O–H groups in total. The third kappa shape index (κ3) is 3.16. The van der Waals surface area contributed by atoms with Crippen molar-refractivity contribution in [3.8, 4) is 0 Å². The van der Waals surface area contributed by atoms with Crippen LogP contribution in [0.4, 0.5) is 0 Å². The summed E-state index contributed by atoms with van der Waals surface area (Å²) < 4.78 is 0. The van der Waals surface area contributed by atoms with E-state index in [-0.39, 0.29) is 18.0 Å². The maximum atomic E-state index is 12.1. The smallest absolute Gasteiger partial charge is 0.237 e. The van der Waals surface area contributed by atoms with Crippen molar-refractivity contribution in [1.29, 1.82) is 0 Å². The number of carbonyl (C=O) groups excluding carboxylic acids is 1. The zero-order valence-corrected chi connectivity index (χ0v) is 11.9. The highest BCUT2D eigenvalue weighted by Gasteiger charge is 2.26. The average molecular weight is 260 g/mol. The second-order valence-corrected chi connectivity index (χ2v) is 5.56. The SMILES string of the molecule is CCCC(N)C(=O)NC1CCC(C)c2ccccc21. The lowest BCUT2D eigenvalue weighted by molar-refractivity contribution is -0.123. The normalized spacial score (nSPS) is 23.5. The number of benzene rings is 1. The highest BCUT2D eigenvalue weighted by atomic mass is 16.2. The fourth-order valence-corrected chi connectivity index (χ4v) is 2.88. The van der Waals surface area contributed by atoms with E-state index in [4.69, 9.17) is 5.73 Å². The van der Waals surface area contributed by atoms with Crippen molar-refractivity contribution in [3.63, 3.8) is 0 Å². The van der Waals surface area contributed by atoms with Crippen molar-refractivity contribution in [1.82, 2.24) is 5.32 Å². The number of amides is 1. The van der Waals surface area contributed by atoms with Gasteiger partial charge in [-0.1, -0.05) is 44.5 Å². The summed E-state index contributed by atoms with van der Waals surface area (Å²) in [4.78, 5) is 12.1. The van der Waals surface area contributed by atoms with Crippen LogP contribution in [-0.4, -0.2) is 11.9 Å². The van der Waals surface area contributed by atoms with Crippen molar-refractivity contribution in [3.05, 3.63) is 35.4 Å². The Morgan fingerprint density at radius 2 is 2.05 bits per heavy atom. The van der Waals surface area contributed by atoms with Gasteiger partial charge in [-0.05, 0) is 36.3 Å². The van der Waals surface area contributed by atoms with E-state index in [2.05, 4.69) is 30.4 Å². The summed E-state index contributed by atoms with van der Waals surface area (Å²) in [6.07, 6.45) is 3.80. The van der Waals surface area contributed by atoms with Crippen LogP contribution in [-0.2, 0) is 4.79 Å². The van der Waals surface area contributed by atoms with Gasteiger partial charge in [0.25, 0.3) is 0 Å². The molecule has 1 aromatic carbocycles. The molecular formula is C16H24N2O. The predicted octanol–water partition coefficient (Wildman–Crippen LogP) is 2.87. The highest BCUT2D eigenvalue weighted by molar-refractivity contribution is 5.82. The molecule has 0 heterocycles. The fourth-order valence-electron chi connectivity index (χ4n) is 2.88. The lowest BCUT2D eigenvalue weighted by Gasteiger charge is -2.31. The van der Waals surface area contributed by atoms with Crippen LogP contribution in [0.25, 0.3) is 0 Å². The molecular weight excluding hydrogens is 236 g/mol. The number of fused-ring (bicyclic) bond motifs is 1. The Morgan fingerprint density at radius 1 is 1.37 bits per heavy atom. The van der Waals surface area contributed by atoms with Gasteiger partial charge < -0.3 is 11.1 Å². The molecule has 0 fully saturated rings. The summed E-state index contributed by atoms with van der Waals surface area (Å²) in [6, 6.07) is 8.16. The van der Waals surface area contributed by atoms with Crippen LogP contribution in [0.5, 0.6) is 0 Å². The first-order valence-electron chi connectivity index (χ1n) is 7.28. The summed E-state index contributed by atoms with van der Waals surface area (Å²) in [5.41, 5.74) is 8.51. The summed E-state index contributed by atoms with van der Waals surface area (Å²) in [6.45, 7) is 4.30. The average Bonchev–Trinajstić information content (AvgIpc) is 2.42. The van der Waals surface area contributed by atoms with Crippen molar-refractivity contribution in [2.24, 2.45) is 5.73 Å². The second-order valence-electron chi connectivity index (χ2n) is 5.56. The van der Waals surface area contributed by atoms with Crippen molar-refractivity contribution in [2.75, 3.05) is 0 Å². The summed E-state index contributed by atoms with van der Waals surface area (Å²) in [7, 11) is 0. The first kappa shape index (κ1) is 14.1. The molecule has 3 nitrogen and oxygen atoms in total. The lowest BCUT2D eigenvalue weighted by atomic mass is 9.81. The minimum atomic E-state index is -0.378. The Bertz CT molecular complexity index is 444. The molecule has 3 unspecified atom stereocenters. The molecule has 0 aliphatic heterocycles. The summed E-state index contributed by atoms with van der Waals surface area (Å²) >= 11 is 0. The number of nitrogens with two attached hydrogens (primary N) is 1. The molecule has 3 heteroatoms. The van der Waals surface area contributed by atoms with Crippen LogP contribution in [0.2, 0.25) is 0 Å². The number of carbonyl (C=O) groups is 1. The molecule has 0 saturated heterocycles. The Balaban J connectivity index is 2.10. The van der Waals surface area contributed by atoms with E-state index in [1.165, 1.54) is 11.1 Å². The standard InChI is InChI=1S/C16H24N2O/c1-3-6-14(17)16(19)18-15-10-9-11(2)12-7-4-5-8-13(12)15/h4-5,7-8,11,14-15H,3,6,9-10,17H2,1-2H3,(H,18,19). The number of hydrogen-bond acceptors (Lipinski definition) is 2. The van der Waals surface area contributed by atoms with Gasteiger partial charge in [0.2, 0.25) is 5.91 Å². The van der Waals surface area contributed by atoms with E-state index in [1.807, 2.05) is 13.0 Å². The minimum absolute atomic E-state index is 0.0174. The van der Waals surface area contributed by atoms with Gasteiger partial charge in [-0.2, -0.15) is 0 Å². The van der Waals surface area contributed by atoms with Crippen LogP contribution in [0.1, 0.15) is 62.6 Å². The monoisotopic (exact) mass is 260 g/mol. The molecule has 0 bridgehead atoms. The molecule has 0 radical (unpaired) electrons. The predicted molar refractivity (Wildman–Crippen MR) is 77.9 cm³/mol. The van der Waals surface area contributed by atoms with E-state index < -0.39 is 0 Å². The molecule has 3 atom stereocenters. The molecule has 1 aliphatic rings. The zero-order valence-electron chi connectivity index (χ0n) is 11.9. The van der Waals surface area contributed by atoms with Gasteiger partial charge in [-0.25, -0.2) is 0 Å². The molecule has 0 spiro atoms. The van der Waals surface area contributed by atoms with Gasteiger partial charge in [-0.15, -0.1) is 0 Å². The van der Waals surface area contributed by atoms with E-state index in [1.54, 1.807) is 0 Å². The van der Waals surface area contributed by atoms with Gasteiger partial charge in [0.15, 0.2) is 0 Å². The third-order valence-electron chi connectivity index (χ3n) is 4.04. The Labute approximate surface area is 115 Å². The molecule has 0 saturated carbocycles. The highest BCUT2D eigenvalue weighted by Crippen LogP contribution is 2.36. The molecule has 1 aromatic rings. The van der Waals surface area contributed by atoms with Crippen molar-refractivity contribution < 1.29 is 4.79 Å². The van der Waals surface area contributed by atoms with Crippen LogP contribution >= 0.6 is 0 Å². The van der Waals surface area contributed by atoms with E-state index >= 15 is 0 Å². The second kappa shape index (κ2) is 6.20. The van der Waals surface area contributed by atoms with Gasteiger partial charge in [0.05, 0.1) is 12.1 Å². The largest absolute Gasteiger partial charge is 0.348 e. The van der Waals surface area contributed by atoms with Gasteiger partial charge in [0.1, 0.15) is 0 Å².